The van der Waals surface area contributed by atoms with Crippen LogP contribution in [0.25, 0.3) is 0 Å². The van der Waals surface area contributed by atoms with Gasteiger partial charge in [0.25, 0.3) is 0 Å². The Balaban J connectivity index is 2.39. The lowest BCUT2D eigenvalue weighted by atomic mass is 9.92. The highest BCUT2D eigenvalue weighted by molar-refractivity contribution is 5.25. The van der Waals surface area contributed by atoms with Gasteiger partial charge < -0.3 is 5.11 Å². The van der Waals surface area contributed by atoms with E-state index in [0.29, 0.717) is 18.4 Å². The Morgan fingerprint density at radius 3 is 2.38 bits per heavy atom. The second-order valence-corrected chi connectivity index (χ2v) is 3.72. The topological polar surface area (TPSA) is 20.2 Å². The smallest absolute Gasteiger partial charge is 0.129 e. The summed E-state index contributed by atoms with van der Waals surface area (Å²) in [5.74, 6) is -0.285. The third-order valence-corrected chi connectivity index (χ3v) is 2.81. The van der Waals surface area contributed by atoms with Crippen molar-refractivity contribution in [3.8, 4) is 0 Å². The van der Waals surface area contributed by atoms with Gasteiger partial charge in [-0.15, -0.1) is 0 Å². The number of hydrogen-bond acceptors (Lipinski definition) is 1. The molecule has 1 nitrogen and oxygen atoms in total. The Labute approximate surface area is 77.2 Å². The van der Waals surface area contributed by atoms with Crippen molar-refractivity contribution in [2.24, 2.45) is 0 Å². The van der Waals surface area contributed by atoms with Crippen molar-refractivity contribution in [1.82, 2.24) is 0 Å². The maximum absolute atomic E-state index is 13.3. The molecule has 1 fully saturated rings. The first kappa shape index (κ1) is 8.70. The molecule has 2 rings (SSSR count). The zero-order valence-corrected chi connectivity index (χ0v) is 7.46. The zero-order chi connectivity index (χ0) is 9.31. The minimum Gasteiger partial charge on any atom is -0.385 e. The van der Waals surface area contributed by atoms with Crippen LogP contribution in [0.5, 0.6) is 0 Å². The molecule has 0 heterocycles. The van der Waals surface area contributed by atoms with Crippen LogP contribution in [0.3, 0.4) is 0 Å². The molecule has 1 saturated carbocycles. The summed E-state index contributed by atoms with van der Waals surface area (Å²) in [6.45, 7) is 0. The number of hydrogen-bond donors (Lipinski definition) is 1. The number of rotatable bonds is 1. The second kappa shape index (κ2) is 3.11. The fourth-order valence-electron chi connectivity index (χ4n) is 2.07. The lowest BCUT2D eigenvalue weighted by molar-refractivity contribution is 0.0408. The third kappa shape index (κ3) is 1.46. The Morgan fingerprint density at radius 1 is 1.15 bits per heavy atom. The van der Waals surface area contributed by atoms with Crippen molar-refractivity contribution in [1.29, 1.82) is 0 Å². The average molecular weight is 180 g/mol. The maximum Gasteiger partial charge on any atom is 0.129 e. The van der Waals surface area contributed by atoms with E-state index < -0.39 is 5.60 Å². The second-order valence-electron chi connectivity index (χ2n) is 3.72. The van der Waals surface area contributed by atoms with E-state index in [1.807, 2.05) is 0 Å². The van der Waals surface area contributed by atoms with Gasteiger partial charge in [-0.25, -0.2) is 4.39 Å². The van der Waals surface area contributed by atoms with Crippen LogP contribution in [0, 0.1) is 5.82 Å². The van der Waals surface area contributed by atoms with E-state index in [4.69, 9.17) is 0 Å². The summed E-state index contributed by atoms with van der Waals surface area (Å²) in [5.41, 5.74) is -0.432. The predicted octanol–water partition coefficient (Wildman–Crippen LogP) is 2.59. The molecular weight excluding hydrogens is 167 g/mol. The molecule has 0 amide bonds. The molecule has 2 heteroatoms. The predicted molar refractivity (Wildman–Crippen MR) is 48.8 cm³/mol. The SMILES string of the molecule is OC1(c2ccccc2F)CCCC1. The molecule has 0 unspecified atom stereocenters. The van der Waals surface area contributed by atoms with Crippen LogP contribution in [0.4, 0.5) is 4.39 Å². The highest BCUT2D eigenvalue weighted by Crippen LogP contribution is 2.39. The van der Waals surface area contributed by atoms with E-state index in [9.17, 15) is 9.50 Å². The zero-order valence-electron chi connectivity index (χ0n) is 7.46. The molecule has 0 bridgehead atoms. The molecule has 1 N–H and O–H groups in total. The molecule has 1 aliphatic rings. The molecule has 0 spiro atoms. The summed E-state index contributed by atoms with van der Waals surface area (Å²) in [6, 6.07) is 6.51. The molecule has 0 aromatic heterocycles. The van der Waals surface area contributed by atoms with E-state index in [0.717, 1.165) is 12.8 Å². The highest BCUT2D eigenvalue weighted by Gasteiger charge is 2.34. The minimum absolute atomic E-state index is 0.285. The Kier molecular flexibility index (Phi) is 2.08. The standard InChI is InChI=1S/C11H13FO/c12-10-6-2-1-5-9(10)11(13)7-3-4-8-11/h1-2,5-6,13H,3-4,7-8H2. The van der Waals surface area contributed by atoms with Crippen LogP contribution in [0.1, 0.15) is 31.2 Å². The molecule has 1 aromatic carbocycles. The van der Waals surface area contributed by atoms with Gasteiger partial charge in [0.15, 0.2) is 0 Å². The van der Waals surface area contributed by atoms with Crippen LogP contribution in [-0.2, 0) is 5.60 Å². The summed E-state index contributed by atoms with van der Waals surface area (Å²) in [4.78, 5) is 0. The molecule has 0 saturated heterocycles. The van der Waals surface area contributed by atoms with Gasteiger partial charge in [0, 0.05) is 5.56 Å². The first-order valence-corrected chi connectivity index (χ1v) is 4.70. The number of benzene rings is 1. The van der Waals surface area contributed by atoms with Crippen molar-refractivity contribution in [2.45, 2.75) is 31.3 Å². The summed E-state index contributed by atoms with van der Waals surface area (Å²) in [7, 11) is 0. The van der Waals surface area contributed by atoms with Gasteiger partial charge in [-0.2, -0.15) is 0 Å². The van der Waals surface area contributed by atoms with E-state index in [-0.39, 0.29) is 5.82 Å². The number of aliphatic hydroxyl groups is 1. The summed E-state index contributed by atoms with van der Waals surface area (Å²) in [6.07, 6.45) is 3.36. The molecule has 0 aliphatic heterocycles. The molecule has 1 aliphatic carbocycles. The van der Waals surface area contributed by atoms with E-state index in [2.05, 4.69) is 0 Å². The van der Waals surface area contributed by atoms with Crippen LogP contribution < -0.4 is 0 Å². The van der Waals surface area contributed by atoms with Crippen molar-refractivity contribution in [2.75, 3.05) is 0 Å². The van der Waals surface area contributed by atoms with Crippen molar-refractivity contribution in [3.63, 3.8) is 0 Å². The highest BCUT2D eigenvalue weighted by atomic mass is 19.1. The van der Waals surface area contributed by atoms with E-state index >= 15 is 0 Å². The van der Waals surface area contributed by atoms with E-state index in [1.165, 1.54) is 6.07 Å². The molecule has 70 valence electrons. The van der Waals surface area contributed by atoms with Crippen molar-refractivity contribution >= 4 is 0 Å². The number of halogens is 1. The Bertz CT molecular complexity index is 303. The lowest BCUT2D eigenvalue weighted by Gasteiger charge is -2.22. The van der Waals surface area contributed by atoms with Gasteiger partial charge in [0.1, 0.15) is 5.82 Å². The Hall–Kier alpha value is -0.890. The lowest BCUT2D eigenvalue weighted by Crippen LogP contribution is -2.22. The minimum atomic E-state index is -0.897. The van der Waals surface area contributed by atoms with Gasteiger partial charge in [0.2, 0.25) is 0 Å². The van der Waals surface area contributed by atoms with Gasteiger partial charge >= 0.3 is 0 Å². The first-order valence-electron chi connectivity index (χ1n) is 4.70. The summed E-state index contributed by atoms with van der Waals surface area (Å²) < 4.78 is 13.3. The maximum atomic E-state index is 13.3. The molecule has 0 radical (unpaired) electrons. The fraction of sp³-hybridized carbons (Fsp3) is 0.455. The van der Waals surface area contributed by atoms with Gasteiger partial charge in [-0.3, -0.25) is 0 Å². The first-order chi connectivity index (χ1) is 6.22. The third-order valence-electron chi connectivity index (χ3n) is 2.81. The molecule has 0 atom stereocenters. The summed E-state index contributed by atoms with van der Waals surface area (Å²) >= 11 is 0. The largest absolute Gasteiger partial charge is 0.385 e. The van der Waals surface area contributed by atoms with Crippen LogP contribution >= 0.6 is 0 Å². The normalized spacial score (nSPS) is 20.5. The fourth-order valence-corrected chi connectivity index (χ4v) is 2.07. The summed E-state index contributed by atoms with van der Waals surface area (Å²) in [5, 5.41) is 10.1. The average Bonchev–Trinajstić information content (AvgIpc) is 2.54. The molecular formula is C11H13FO. The van der Waals surface area contributed by atoms with E-state index in [1.54, 1.807) is 18.2 Å². The quantitative estimate of drug-likeness (QED) is 0.704. The van der Waals surface area contributed by atoms with Crippen molar-refractivity contribution in [3.05, 3.63) is 35.6 Å². The van der Waals surface area contributed by atoms with Gasteiger partial charge in [0.05, 0.1) is 5.60 Å². The van der Waals surface area contributed by atoms with Crippen LogP contribution in [0.15, 0.2) is 24.3 Å². The van der Waals surface area contributed by atoms with Gasteiger partial charge in [-0.05, 0) is 18.9 Å². The van der Waals surface area contributed by atoms with Crippen molar-refractivity contribution < 1.29 is 9.50 Å². The van der Waals surface area contributed by atoms with Gasteiger partial charge in [-0.1, -0.05) is 31.0 Å². The van der Waals surface area contributed by atoms with Crippen LogP contribution in [0.2, 0.25) is 0 Å². The van der Waals surface area contributed by atoms with Crippen LogP contribution in [-0.4, -0.2) is 5.11 Å². The molecule has 1 aromatic rings. The monoisotopic (exact) mass is 180 g/mol. The Morgan fingerprint density at radius 2 is 1.77 bits per heavy atom. The molecule has 13 heavy (non-hydrogen) atoms.